The van der Waals surface area contributed by atoms with E-state index in [0.717, 1.165) is 0 Å². The number of esters is 1. The number of carbonyl (C=O) groups is 1. The lowest BCUT2D eigenvalue weighted by atomic mass is 10.3. The molecule has 0 radical (unpaired) electrons. The predicted molar refractivity (Wildman–Crippen MR) is 46.9 cm³/mol. The van der Waals surface area contributed by atoms with Crippen molar-refractivity contribution in [1.29, 1.82) is 0 Å². The summed E-state index contributed by atoms with van der Waals surface area (Å²) < 4.78 is 33.5. The lowest BCUT2D eigenvalue weighted by Gasteiger charge is -2.00. The third-order valence-electron chi connectivity index (χ3n) is 1.35. The van der Waals surface area contributed by atoms with Gasteiger partial charge < -0.3 is 4.74 Å². The molecule has 0 aliphatic carbocycles. The molecule has 0 saturated carbocycles. The second kappa shape index (κ2) is 5.93. The zero-order valence-electron chi connectivity index (χ0n) is 7.52. The van der Waals surface area contributed by atoms with Gasteiger partial charge >= 0.3 is 5.97 Å². The highest BCUT2D eigenvalue weighted by Crippen LogP contribution is 1.98. The van der Waals surface area contributed by atoms with Crippen LogP contribution in [-0.2, 0) is 19.6 Å². The van der Waals surface area contributed by atoms with E-state index in [1.54, 1.807) is 0 Å². The van der Waals surface area contributed by atoms with Crippen LogP contribution in [0.25, 0.3) is 0 Å². The Labute approximate surface area is 77.8 Å². The summed E-state index contributed by atoms with van der Waals surface area (Å²) in [5, 5.41) is 0. The van der Waals surface area contributed by atoms with E-state index >= 15 is 0 Å². The van der Waals surface area contributed by atoms with Gasteiger partial charge in [-0.1, -0.05) is 0 Å². The molecule has 0 saturated heterocycles. The number of hydrogen-bond donors (Lipinski definition) is 1. The van der Waals surface area contributed by atoms with Gasteiger partial charge in [-0.25, -0.2) is 0 Å². The summed E-state index contributed by atoms with van der Waals surface area (Å²) in [6.45, 7) is 1.62. The highest BCUT2D eigenvalue weighted by Gasteiger charge is 2.03. The fourth-order valence-corrected chi connectivity index (χ4v) is 1.35. The van der Waals surface area contributed by atoms with Crippen LogP contribution >= 0.6 is 0 Å². The van der Waals surface area contributed by atoms with Crippen LogP contribution in [0.3, 0.4) is 0 Å². The van der Waals surface area contributed by atoms with Gasteiger partial charge in [0.15, 0.2) is 0 Å². The smallest absolute Gasteiger partial charge is 0.302 e. The summed E-state index contributed by atoms with van der Waals surface area (Å²) in [6.07, 6.45) is 1.63. The lowest BCUT2D eigenvalue weighted by molar-refractivity contribution is -0.141. The molecule has 0 unspecified atom stereocenters. The minimum atomic E-state index is -3.84. The average Bonchev–Trinajstić information content (AvgIpc) is 1.93. The Hall–Kier alpha value is -0.620. The van der Waals surface area contributed by atoms with E-state index in [0.29, 0.717) is 25.9 Å². The zero-order valence-corrected chi connectivity index (χ0v) is 8.34. The number of ether oxygens (including phenoxy) is 1. The van der Waals surface area contributed by atoms with Gasteiger partial charge in [0, 0.05) is 6.92 Å². The van der Waals surface area contributed by atoms with Gasteiger partial charge in [-0.05, 0) is 19.3 Å². The van der Waals surface area contributed by atoms with Crippen LogP contribution in [0.2, 0.25) is 0 Å². The van der Waals surface area contributed by atoms with Gasteiger partial charge in [0.25, 0.3) is 10.1 Å². The zero-order chi connectivity index (χ0) is 10.3. The summed E-state index contributed by atoms with van der Waals surface area (Å²) in [4.78, 5) is 10.3. The average molecular weight is 210 g/mol. The van der Waals surface area contributed by atoms with E-state index in [4.69, 9.17) is 4.55 Å². The molecule has 0 aromatic carbocycles. The van der Waals surface area contributed by atoms with E-state index in [1.807, 2.05) is 0 Å². The molecular weight excluding hydrogens is 196 g/mol. The maximum atomic E-state index is 10.3. The molecule has 0 amide bonds. The summed E-state index contributed by atoms with van der Waals surface area (Å²) in [5.41, 5.74) is 0. The van der Waals surface area contributed by atoms with Crippen molar-refractivity contribution in [2.24, 2.45) is 0 Å². The molecule has 0 aliphatic heterocycles. The number of carbonyl (C=O) groups excluding carboxylic acids is 1. The van der Waals surface area contributed by atoms with Gasteiger partial charge in [-0.3, -0.25) is 9.35 Å². The first-order chi connectivity index (χ1) is 5.92. The van der Waals surface area contributed by atoms with Crippen molar-refractivity contribution in [3.63, 3.8) is 0 Å². The third kappa shape index (κ3) is 11.4. The Morgan fingerprint density at radius 3 is 2.38 bits per heavy atom. The molecule has 0 aromatic heterocycles. The van der Waals surface area contributed by atoms with E-state index in [2.05, 4.69) is 4.74 Å². The number of rotatable bonds is 6. The molecule has 0 aromatic rings. The van der Waals surface area contributed by atoms with Gasteiger partial charge in [-0.2, -0.15) is 8.42 Å². The summed E-state index contributed by atoms with van der Waals surface area (Å²) in [7, 11) is -3.84. The van der Waals surface area contributed by atoms with Crippen molar-refractivity contribution in [2.45, 2.75) is 26.2 Å². The molecule has 0 spiro atoms. The monoisotopic (exact) mass is 210 g/mol. The largest absolute Gasteiger partial charge is 0.466 e. The van der Waals surface area contributed by atoms with Crippen molar-refractivity contribution in [1.82, 2.24) is 0 Å². The first-order valence-electron chi connectivity index (χ1n) is 4.00. The van der Waals surface area contributed by atoms with Crippen LogP contribution in [0.15, 0.2) is 0 Å². The Morgan fingerprint density at radius 2 is 1.92 bits per heavy atom. The fraction of sp³-hybridized carbons (Fsp3) is 0.857. The van der Waals surface area contributed by atoms with Crippen LogP contribution in [0.1, 0.15) is 26.2 Å². The minimum absolute atomic E-state index is 0.229. The minimum Gasteiger partial charge on any atom is -0.466 e. The fourth-order valence-electron chi connectivity index (χ4n) is 0.779. The normalized spacial score (nSPS) is 11.2. The van der Waals surface area contributed by atoms with Crippen molar-refractivity contribution in [3.05, 3.63) is 0 Å². The molecule has 0 bridgehead atoms. The molecule has 78 valence electrons. The molecule has 1 N–H and O–H groups in total. The maximum Gasteiger partial charge on any atom is 0.302 e. The first-order valence-corrected chi connectivity index (χ1v) is 5.61. The Kier molecular flexibility index (Phi) is 5.65. The molecule has 6 heteroatoms. The molecule has 0 atom stereocenters. The van der Waals surface area contributed by atoms with Gasteiger partial charge in [-0.15, -0.1) is 0 Å². The van der Waals surface area contributed by atoms with Crippen LogP contribution in [0.4, 0.5) is 0 Å². The lowest BCUT2D eigenvalue weighted by Crippen LogP contribution is -2.05. The molecule has 0 fully saturated rings. The third-order valence-corrected chi connectivity index (χ3v) is 2.16. The van der Waals surface area contributed by atoms with Crippen molar-refractivity contribution in [3.8, 4) is 0 Å². The van der Waals surface area contributed by atoms with Crippen LogP contribution in [0, 0.1) is 0 Å². The second-order valence-corrected chi connectivity index (χ2v) is 4.26. The molecular formula is C7H14O5S. The van der Waals surface area contributed by atoms with E-state index in [-0.39, 0.29) is 11.7 Å². The van der Waals surface area contributed by atoms with Gasteiger partial charge in [0.05, 0.1) is 12.4 Å². The van der Waals surface area contributed by atoms with E-state index < -0.39 is 10.1 Å². The van der Waals surface area contributed by atoms with Crippen molar-refractivity contribution >= 4 is 16.1 Å². The maximum absolute atomic E-state index is 10.3. The predicted octanol–water partition coefficient (Wildman–Crippen LogP) is 0.608. The quantitative estimate of drug-likeness (QED) is 0.394. The van der Waals surface area contributed by atoms with E-state index in [1.165, 1.54) is 6.92 Å². The SMILES string of the molecule is CC(=O)OCCCCCS(=O)(=O)O. The molecule has 0 aliphatic rings. The molecule has 5 nitrogen and oxygen atoms in total. The highest BCUT2D eigenvalue weighted by atomic mass is 32.2. The standard InChI is InChI=1S/C7H14O5S/c1-7(8)12-5-3-2-4-6-13(9,10)11/h2-6H2,1H3,(H,9,10,11). The Bertz CT molecular complexity index is 244. The van der Waals surface area contributed by atoms with Gasteiger partial charge in [0.1, 0.15) is 0 Å². The summed E-state index contributed by atoms with van der Waals surface area (Å²) >= 11 is 0. The highest BCUT2D eigenvalue weighted by molar-refractivity contribution is 7.85. The molecule has 13 heavy (non-hydrogen) atoms. The van der Waals surface area contributed by atoms with Crippen LogP contribution in [0.5, 0.6) is 0 Å². The summed E-state index contributed by atoms with van der Waals surface area (Å²) in [6, 6.07) is 0. The Balaban J connectivity index is 3.23. The molecule has 0 heterocycles. The second-order valence-electron chi connectivity index (χ2n) is 2.69. The van der Waals surface area contributed by atoms with Crippen molar-refractivity contribution in [2.75, 3.05) is 12.4 Å². The Morgan fingerprint density at radius 1 is 1.31 bits per heavy atom. The van der Waals surface area contributed by atoms with Gasteiger partial charge in [0.2, 0.25) is 0 Å². The number of unbranched alkanes of at least 4 members (excludes halogenated alkanes) is 2. The topological polar surface area (TPSA) is 80.7 Å². The first kappa shape index (κ1) is 12.4. The van der Waals surface area contributed by atoms with E-state index in [9.17, 15) is 13.2 Å². The van der Waals surface area contributed by atoms with Crippen LogP contribution < -0.4 is 0 Å². The molecule has 0 rings (SSSR count). The summed E-state index contributed by atoms with van der Waals surface area (Å²) in [5.74, 6) is -0.567. The van der Waals surface area contributed by atoms with Crippen LogP contribution in [-0.4, -0.2) is 31.3 Å². The van der Waals surface area contributed by atoms with Crippen molar-refractivity contribution < 1.29 is 22.5 Å². The number of hydrogen-bond acceptors (Lipinski definition) is 4.